The highest BCUT2D eigenvalue weighted by Crippen LogP contribution is 2.30. The van der Waals surface area contributed by atoms with Crippen molar-refractivity contribution in [1.29, 1.82) is 0 Å². The summed E-state index contributed by atoms with van der Waals surface area (Å²) in [4.78, 5) is 11.9. The van der Waals surface area contributed by atoms with Crippen molar-refractivity contribution in [1.82, 2.24) is 5.32 Å². The van der Waals surface area contributed by atoms with E-state index < -0.39 is 23.8 Å². The zero-order valence-electron chi connectivity index (χ0n) is 16.0. The van der Waals surface area contributed by atoms with E-state index in [4.69, 9.17) is 4.74 Å². The lowest BCUT2D eigenvalue weighted by Crippen LogP contribution is -2.32. The van der Waals surface area contributed by atoms with Gasteiger partial charge in [-0.2, -0.15) is 13.2 Å². The van der Waals surface area contributed by atoms with Crippen LogP contribution >= 0.6 is 0 Å². The molecule has 0 fully saturated rings. The van der Waals surface area contributed by atoms with Crippen LogP contribution in [0.4, 0.5) is 13.2 Å². The zero-order valence-corrected chi connectivity index (χ0v) is 16.0. The van der Waals surface area contributed by atoms with Crippen LogP contribution in [0.15, 0.2) is 48.5 Å². The molecule has 1 atom stereocenters. The van der Waals surface area contributed by atoms with Crippen molar-refractivity contribution in [3.05, 3.63) is 65.2 Å². The Hall–Kier alpha value is -2.54. The first-order valence-electron chi connectivity index (χ1n) is 8.82. The molecule has 2 rings (SSSR count). The van der Waals surface area contributed by atoms with Crippen LogP contribution in [-0.2, 0) is 16.4 Å². The van der Waals surface area contributed by atoms with Crippen LogP contribution < -0.4 is 10.1 Å². The van der Waals surface area contributed by atoms with Crippen LogP contribution in [-0.4, -0.2) is 24.2 Å². The van der Waals surface area contributed by atoms with Crippen LogP contribution in [0.3, 0.4) is 0 Å². The number of rotatable bonds is 6. The van der Waals surface area contributed by atoms with Gasteiger partial charge in [-0.15, -0.1) is 0 Å². The fourth-order valence-electron chi connectivity index (χ4n) is 2.47. The number of ether oxygens (including phenoxy) is 1. The summed E-state index contributed by atoms with van der Waals surface area (Å²) >= 11 is 0. The van der Waals surface area contributed by atoms with Crippen molar-refractivity contribution < 1.29 is 27.8 Å². The molecule has 0 saturated heterocycles. The van der Waals surface area contributed by atoms with Crippen molar-refractivity contribution in [2.24, 2.45) is 0 Å². The Balaban J connectivity index is 1.80. The van der Waals surface area contributed by atoms with Gasteiger partial charge in [-0.25, -0.2) is 0 Å². The number of nitrogens with one attached hydrogen (secondary N) is 1. The van der Waals surface area contributed by atoms with Gasteiger partial charge in [-0.3, -0.25) is 4.79 Å². The molecule has 0 saturated carbocycles. The molecule has 0 radical (unpaired) electrons. The SMILES string of the molecule is CC(C)(C)c1ccc(OCC(=O)NCC(O)c2ccc(C(F)(F)F)cc2)cc1. The Morgan fingerprint density at radius 3 is 2.04 bits per heavy atom. The molecule has 0 aliphatic carbocycles. The number of benzene rings is 2. The molecule has 1 unspecified atom stereocenters. The van der Waals surface area contributed by atoms with Gasteiger partial charge in [0.2, 0.25) is 0 Å². The summed E-state index contributed by atoms with van der Waals surface area (Å²) in [5.41, 5.74) is 0.652. The minimum absolute atomic E-state index is 0.0182. The third-order valence-electron chi connectivity index (χ3n) is 4.21. The van der Waals surface area contributed by atoms with Crippen molar-refractivity contribution in [3.63, 3.8) is 0 Å². The molecular weight excluding hydrogens is 371 g/mol. The van der Waals surface area contributed by atoms with E-state index in [9.17, 15) is 23.1 Å². The summed E-state index contributed by atoms with van der Waals surface area (Å²) in [6.07, 6.45) is -5.54. The topological polar surface area (TPSA) is 58.6 Å². The second-order valence-electron chi connectivity index (χ2n) is 7.50. The molecule has 28 heavy (non-hydrogen) atoms. The lowest BCUT2D eigenvalue weighted by atomic mass is 9.87. The lowest BCUT2D eigenvalue weighted by Gasteiger charge is -2.19. The van der Waals surface area contributed by atoms with Gasteiger partial charge >= 0.3 is 6.18 Å². The standard InChI is InChI=1S/C21H24F3NO3/c1-20(2,3)15-8-10-17(11-9-15)28-13-19(27)25-12-18(26)14-4-6-16(7-5-14)21(22,23)24/h4-11,18,26H,12-13H2,1-3H3,(H,25,27). The van der Waals surface area contributed by atoms with E-state index >= 15 is 0 Å². The lowest BCUT2D eigenvalue weighted by molar-refractivity contribution is -0.137. The van der Waals surface area contributed by atoms with Crippen molar-refractivity contribution >= 4 is 5.91 Å². The van der Waals surface area contributed by atoms with Gasteiger partial charge in [0, 0.05) is 6.54 Å². The fourth-order valence-corrected chi connectivity index (χ4v) is 2.47. The smallest absolute Gasteiger partial charge is 0.416 e. The first kappa shape index (κ1) is 21.8. The van der Waals surface area contributed by atoms with Gasteiger partial charge in [0.05, 0.1) is 11.7 Å². The van der Waals surface area contributed by atoms with Crippen LogP contribution in [0.1, 0.15) is 43.6 Å². The van der Waals surface area contributed by atoms with Crippen LogP contribution in [0.5, 0.6) is 5.75 Å². The molecular formula is C21H24F3NO3. The Kier molecular flexibility index (Phi) is 6.72. The third kappa shape index (κ3) is 6.27. The molecule has 4 nitrogen and oxygen atoms in total. The van der Waals surface area contributed by atoms with E-state index in [1.54, 1.807) is 12.1 Å². The van der Waals surface area contributed by atoms with Gasteiger partial charge in [-0.1, -0.05) is 45.0 Å². The van der Waals surface area contributed by atoms with E-state index in [2.05, 4.69) is 26.1 Å². The van der Waals surface area contributed by atoms with Crippen LogP contribution in [0, 0.1) is 0 Å². The molecule has 2 N–H and O–H groups in total. The summed E-state index contributed by atoms with van der Waals surface area (Å²) in [5.74, 6) is 0.109. The van der Waals surface area contributed by atoms with Crippen molar-refractivity contribution in [3.8, 4) is 5.75 Å². The normalized spacial score (nSPS) is 13.1. The predicted octanol–water partition coefficient (Wildman–Crippen LogP) is 4.23. The number of alkyl halides is 3. The Morgan fingerprint density at radius 2 is 1.54 bits per heavy atom. The van der Waals surface area contributed by atoms with Gasteiger partial charge < -0.3 is 15.2 Å². The number of hydrogen-bond donors (Lipinski definition) is 2. The monoisotopic (exact) mass is 395 g/mol. The minimum atomic E-state index is -4.43. The molecule has 0 aliphatic heterocycles. The highest BCUT2D eigenvalue weighted by Gasteiger charge is 2.30. The maximum absolute atomic E-state index is 12.5. The molecule has 0 aromatic heterocycles. The minimum Gasteiger partial charge on any atom is -0.484 e. The molecule has 0 heterocycles. The number of carbonyl (C=O) groups is 1. The van der Waals surface area contributed by atoms with E-state index in [-0.39, 0.29) is 24.1 Å². The Bertz CT molecular complexity index is 779. The van der Waals surface area contributed by atoms with Crippen molar-refractivity contribution in [2.75, 3.05) is 13.2 Å². The zero-order chi connectivity index (χ0) is 20.9. The van der Waals surface area contributed by atoms with Crippen molar-refractivity contribution in [2.45, 2.75) is 38.5 Å². The quantitative estimate of drug-likeness (QED) is 0.770. The van der Waals surface area contributed by atoms with Gasteiger partial charge in [-0.05, 0) is 40.8 Å². The maximum atomic E-state index is 12.5. The molecule has 7 heteroatoms. The molecule has 0 spiro atoms. The average Bonchev–Trinajstić information content (AvgIpc) is 2.63. The maximum Gasteiger partial charge on any atom is 0.416 e. The average molecular weight is 395 g/mol. The fraction of sp³-hybridized carbons (Fsp3) is 0.381. The number of aliphatic hydroxyl groups is 1. The highest BCUT2D eigenvalue weighted by atomic mass is 19.4. The number of aliphatic hydroxyl groups excluding tert-OH is 1. The van der Waals surface area contributed by atoms with Gasteiger partial charge in [0.15, 0.2) is 6.61 Å². The Labute approximate surface area is 162 Å². The largest absolute Gasteiger partial charge is 0.484 e. The molecule has 2 aromatic rings. The number of amides is 1. The predicted molar refractivity (Wildman–Crippen MR) is 100 cm³/mol. The third-order valence-corrected chi connectivity index (χ3v) is 4.21. The van der Waals surface area contributed by atoms with Crippen LogP contribution in [0.25, 0.3) is 0 Å². The summed E-state index contributed by atoms with van der Waals surface area (Å²) in [7, 11) is 0. The summed E-state index contributed by atoms with van der Waals surface area (Å²) in [6, 6.07) is 11.6. The second kappa shape index (κ2) is 8.65. The van der Waals surface area contributed by atoms with Gasteiger partial charge in [0.1, 0.15) is 5.75 Å². The number of halogens is 3. The van der Waals surface area contributed by atoms with E-state index in [1.807, 2.05) is 12.1 Å². The van der Waals surface area contributed by atoms with E-state index in [0.29, 0.717) is 5.75 Å². The van der Waals surface area contributed by atoms with E-state index in [0.717, 1.165) is 17.7 Å². The summed E-state index contributed by atoms with van der Waals surface area (Å²) in [5, 5.41) is 12.5. The molecule has 0 bridgehead atoms. The number of carbonyl (C=O) groups excluding carboxylic acids is 1. The molecule has 152 valence electrons. The molecule has 2 aromatic carbocycles. The van der Waals surface area contributed by atoms with Crippen LogP contribution in [0.2, 0.25) is 0 Å². The molecule has 1 amide bonds. The highest BCUT2D eigenvalue weighted by molar-refractivity contribution is 5.77. The first-order valence-corrected chi connectivity index (χ1v) is 8.82. The Morgan fingerprint density at radius 1 is 1.00 bits per heavy atom. The summed E-state index contributed by atoms with van der Waals surface area (Å²) in [6.45, 7) is 5.93. The first-order chi connectivity index (χ1) is 13.0. The number of hydrogen-bond acceptors (Lipinski definition) is 3. The second-order valence-corrected chi connectivity index (χ2v) is 7.50. The summed E-state index contributed by atoms with van der Waals surface area (Å²) < 4.78 is 43.0. The van der Waals surface area contributed by atoms with Gasteiger partial charge in [0.25, 0.3) is 5.91 Å². The molecule has 0 aliphatic rings. The van der Waals surface area contributed by atoms with E-state index in [1.165, 1.54) is 12.1 Å².